The Kier molecular flexibility index (Phi) is 3.27. The second kappa shape index (κ2) is 4.70. The lowest BCUT2D eigenvalue weighted by Crippen LogP contribution is -2.00. The number of benzene rings is 1. The Morgan fingerprint density at radius 1 is 1.12 bits per heavy atom. The largest absolute Gasteiger partial charge is 0.249 e. The van der Waals surface area contributed by atoms with Crippen LogP contribution in [0.5, 0.6) is 0 Å². The molecule has 0 fully saturated rings. The molecule has 0 saturated heterocycles. The first-order valence-electron chi connectivity index (χ1n) is 6.10. The zero-order valence-electron chi connectivity index (χ0n) is 10.9. The smallest absolute Gasteiger partial charge is 0.113 e. The van der Waals surface area contributed by atoms with E-state index in [1.54, 1.807) is 0 Å². The van der Waals surface area contributed by atoms with Gasteiger partial charge in [-0.1, -0.05) is 37.3 Å². The monoisotopic (exact) mass is 229 g/mol. The van der Waals surface area contributed by atoms with Gasteiger partial charge in [-0.15, -0.1) is 5.10 Å². The molecule has 1 heterocycles. The second-order valence-electron chi connectivity index (χ2n) is 4.96. The topological polar surface area (TPSA) is 30.7 Å². The molecule has 2 aromatic rings. The summed E-state index contributed by atoms with van der Waals surface area (Å²) in [6.07, 6.45) is 2.00. The summed E-state index contributed by atoms with van der Waals surface area (Å²) in [6, 6.07) is 8.87. The quantitative estimate of drug-likeness (QED) is 0.804. The Morgan fingerprint density at radius 3 is 2.47 bits per heavy atom. The van der Waals surface area contributed by atoms with Crippen molar-refractivity contribution in [1.29, 1.82) is 0 Å². The molecule has 90 valence electrons. The predicted octanol–water partition coefficient (Wildman–Crippen LogP) is 3.65. The van der Waals surface area contributed by atoms with Crippen LogP contribution in [-0.4, -0.2) is 15.0 Å². The predicted molar refractivity (Wildman–Crippen MR) is 69.9 cm³/mol. The van der Waals surface area contributed by atoms with Gasteiger partial charge >= 0.3 is 0 Å². The first-order valence-corrected chi connectivity index (χ1v) is 6.10. The lowest BCUT2D eigenvalue weighted by atomic mass is 10.00. The minimum atomic E-state index is 0.351. The summed E-state index contributed by atoms with van der Waals surface area (Å²) in [4.78, 5) is 0. The van der Waals surface area contributed by atoms with Gasteiger partial charge < -0.3 is 0 Å². The fourth-order valence-electron chi connectivity index (χ4n) is 1.72. The Hall–Kier alpha value is -1.64. The van der Waals surface area contributed by atoms with Gasteiger partial charge in [-0.3, -0.25) is 0 Å². The first kappa shape index (κ1) is 11.8. The van der Waals surface area contributed by atoms with Gasteiger partial charge in [0.25, 0.3) is 0 Å². The first-order chi connectivity index (χ1) is 8.08. The van der Waals surface area contributed by atoms with Gasteiger partial charge in [0.15, 0.2) is 0 Å². The molecule has 0 atom stereocenters. The van der Waals surface area contributed by atoms with E-state index >= 15 is 0 Å². The van der Waals surface area contributed by atoms with Gasteiger partial charge in [0.1, 0.15) is 5.69 Å². The molecule has 0 radical (unpaired) electrons. The normalized spacial score (nSPS) is 11.4. The van der Waals surface area contributed by atoms with Crippen molar-refractivity contribution in [3.05, 3.63) is 36.0 Å². The SMILES string of the molecule is CC(C)c1cccc(-c2cn(C(C)C)nn2)c1. The van der Waals surface area contributed by atoms with Crippen LogP contribution >= 0.6 is 0 Å². The average Bonchev–Trinajstić information content (AvgIpc) is 2.78. The van der Waals surface area contributed by atoms with E-state index in [1.807, 2.05) is 10.9 Å². The van der Waals surface area contributed by atoms with E-state index in [9.17, 15) is 0 Å². The molecule has 0 aliphatic rings. The lowest BCUT2D eigenvalue weighted by molar-refractivity contribution is 0.514. The molecule has 0 aliphatic heterocycles. The zero-order valence-corrected chi connectivity index (χ0v) is 10.9. The minimum Gasteiger partial charge on any atom is -0.249 e. The van der Waals surface area contributed by atoms with Crippen LogP contribution in [0.4, 0.5) is 0 Å². The molecule has 0 N–H and O–H groups in total. The van der Waals surface area contributed by atoms with Crippen LogP contribution in [0.1, 0.15) is 45.2 Å². The maximum atomic E-state index is 4.22. The summed E-state index contributed by atoms with van der Waals surface area (Å²) in [5.41, 5.74) is 3.42. The van der Waals surface area contributed by atoms with Crippen LogP contribution in [0.25, 0.3) is 11.3 Å². The molecule has 1 aromatic carbocycles. The molecule has 0 aliphatic carbocycles. The Labute approximate surface area is 102 Å². The highest BCUT2D eigenvalue weighted by Gasteiger charge is 2.07. The third-order valence-electron chi connectivity index (χ3n) is 2.89. The maximum Gasteiger partial charge on any atom is 0.113 e. The molecule has 2 rings (SSSR count). The van der Waals surface area contributed by atoms with Crippen LogP contribution < -0.4 is 0 Å². The molecule has 0 saturated carbocycles. The summed E-state index contributed by atoms with van der Waals surface area (Å²) < 4.78 is 1.89. The van der Waals surface area contributed by atoms with Crippen molar-refractivity contribution in [2.45, 2.75) is 39.7 Å². The standard InChI is InChI=1S/C14H19N3/c1-10(2)12-6-5-7-13(8-12)14-9-17(11(3)4)16-15-14/h5-11H,1-4H3. The number of rotatable bonds is 3. The van der Waals surface area contributed by atoms with Crippen LogP contribution in [0.2, 0.25) is 0 Å². The van der Waals surface area contributed by atoms with Gasteiger partial charge in [0.05, 0.1) is 6.20 Å². The van der Waals surface area contributed by atoms with E-state index in [0.717, 1.165) is 11.3 Å². The summed E-state index contributed by atoms with van der Waals surface area (Å²) in [6.45, 7) is 8.60. The number of nitrogens with zero attached hydrogens (tertiary/aromatic N) is 3. The molecular weight excluding hydrogens is 210 g/mol. The highest BCUT2D eigenvalue weighted by Crippen LogP contribution is 2.22. The molecule has 3 nitrogen and oxygen atoms in total. The van der Waals surface area contributed by atoms with Gasteiger partial charge in [-0.2, -0.15) is 0 Å². The van der Waals surface area contributed by atoms with Crippen molar-refractivity contribution in [3.8, 4) is 11.3 Å². The molecule has 0 spiro atoms. The Morgan fingerprint density at radius 2 is 1.88 bits per heavy atom. The Balaban J connectivity index is 2.35. The summed E-state index contributed by atoms with van der Waals surface area (Å²) >= 11 is 0. The van der Waals surface area contributed by atoms with E-state index in [2.05, 4.69) is 62.3 Å². The van der Waals surface area contributed by atoms with Crippen LogP contribution in [0.3, 0.4) is 0 Å². The van der Waals surface area contributed by atoms with E-state index in [0.29, 0.717) is 12.0 Å². The molecule has 3 heteroatoms. The zero-order chi connectivity index (χ0) is 12.4. The Bertz CT molecular complexity index is 498. The van der Waals surface area contributed by atoms with Gasteiger partial charge in [-0.25, -0.2) is 4.68 Å². The molecular formula is C14H19N3. The highest BCUT2D eigenvalue weighted by molar-refractivity contribution is 5.58. The molecule has 0 unspecified atom stereocenters. The van der Waals surface area contributed by atoms with Crippen molar-refractivity contribution in [2.75, 3.05) is 0 Å². The van der Waals surface area contributed by atoms with Crippen LogP contribution in [-0.2, 0) is 0 Å². The number of aromatic nitrogens is 3. The van der Waals surface area contributed by atoms with Gasteiger partial charge in [0, 0.05) is 11.6 Å². The van der Waals surface area contributed by atoms with Crippen LogP contribution in [0.15, 0.2) is 30.5 Å². The lowest BCUT2D eigenvalue weighted by Gasteiger charge is -2.06. The molecule has 0 amide bonds. The van der Waals surface area contributed by atoms with Crippen molar-refractivity contribution >= 4 is 0 Å². The van der Waals surface area contributed by atoms with Crippen molar-refractivity contribution in [3.63, 3.8) is 0 Å². The minimum absolute atomic E-state index is 0.351. The van der Waals surface area contributed by atoms with Crippen molar-refractivity contribution in [1.82, 2.24) is 15.0 Å². The fraction of sp³-hybridized carbons (Fsp3) is 0.429. The third kappa shape index (κ3) is 2.54. The van der Waals surface area contributed by atoms with E-state index < -0.39 is 0 Å². The van der Waals surface area contributed by atoms with Crippen molar-refractivity contribution < 1.29 is 0 Å². The summed E-state index contributed by atoms with van der Waals surface area (Å²) in [5, 5.41) is 8.35. The van der Waals surface area contributed by atoms with E-state index in [-0.39, 0.29) is 0 Å². The third-order valence-corrected chi connectivity index (χ3v) is 2.89. The fourth-order valence-corrected chi connectivity index (χ4v) is 1.72. The van der Waals surface area contributed by atoms with Gasteiger partial charge in [-0.05, 0) is 31.4 Å². The number of hydrogen-bond acceptors (Lipinski definition) is 2. The molecule has 1 aromatic heterocycles. The summed E-state index contributed by atoms with van der Waals surface area (Å²) in [7, 11) is 0. The van der Waals surface area contributed by atoms with Gasteiger partial charge in [0.2, 0.25) is 0 Å². The molecule has 17 heavy (non-hydrogen) atoms. The van der Waals surface area contributed by atoms with E-state index in [1.165, 1.54) is 5.56 Å². The summed E-state index contributed by atoms with van der Waals surface area (Å²) in [5.74, 6) is 0.537. The molecule has 0 bridgehead atoms. The maximum absolute atomic E-state index is 4.22. The highest BCUT2D eigenvalue weighted by atomic mass is 15.4. The van der Waals surface area contributed by atoms with Crippen molar-refractivity contribution in [2.24, 2.45) is 0 Å². The van der Waals surface area contributed by atoms with E-state index in [4.69, 9.17) is 0 Å². The number of hydrogen-bond donors (Lipinski definition) is 0. The van der Waals surface area contributed by atoms with Crippen LogP contribution in [0, 0.1) is 0 Å². The average molecular weight is 229 g/mol. The second-order valence-corrected chi connectivity index (χ2v) is 4.96.